The lowest BCUT2D eigenvalue weighted by Crippen LogP contribution is -2.35. The summed E-state index contributed by atoms with van der Waals surface area (Å²) in [4.78, 5) is 0. The van der Waals surface area contributed by atoms with Gasteiger partial charge in [0.25, 0.3) is 0 Å². The first kappa shape index (κ1) is 20.9. The lowest BCUT2D eigenvalue weighted by atomic mass is 9.93. The highest BCUT2D eigenvalue weighted by atomic mass is 15.3. The van der Waals surface area contributed by atoms with Crippen LogP contribution in [0.5, 0.6) is 0 Å². The fourth-order valence-electron chi connectivity index (χ4n) is 4.33. The largest absolute Gasteiger partial charge is 0.331 e. The minimum Gasteiger partial charge on any atom is -0.331 e. The van der Waals surface area contributed by atoms with Gasteiger partial charge in [-0.2, -0.15) is 0 Å². The molecule has 0 aliphatic rings. The van der Waals surface area contributed by atoms with Crippen LogP contribution in [0.2, 0.25) is 0 Å². The van der Waals surface area contributed by atoms with Crippen LogP contribution < -0.4 is 0 Å². The lowest BCUT2D eigenvalue weighted by molar-refractivity contribution is -0.870. The topological polar surface area (TPSA) is 0 Å². The van der Waals surface area contributed by atoms with E-state index in [2.05, 4.69) is 75.7 Å². The zero-order valence-electron chi connectivity index (χ0n) is 18.2. The first-order valence-corrected chi connectivity index (χ1v) is 11.2. The van der Waals surface area contributed by atoms with E-state index >= 15 is 0 Å². The van der Waals surface area contributed by atoms with Crippen LogP contribution in [0.4, 0.5) is 0 Å². The summed E-state index contributed by atoms with van der Waals surface area (Å²) in [5, 5.41) is 5.65. The van der Waals surface area contributed by atoms with Gasteiger partial charge in [-0.15, -0.1) is 0 Å². The fourth-order valence-corrected chi connectivity index (χ4v) is 4.33. The second kappa shape index (κ2) is 10.1. The average molecular weight is 377 g/mol. The highest BCUT2D eigenvalue weighted by molar-refractivity contribution is 6.02. The predicted molar refractivity (Wildman–Crippen MR) is 125 cm³/mol. The highest BCUT2D eigenvalue weighted by Gasteiger charge is 2.07. The molecule has 0 saturated carbocycles. The van der Waals surface area contributed by atoms with Gasteiger partial charge in [0.05, 0.1) is 27.7 Å². The van der Waals surface area contributed by atoms with E-state index in [-0.39, 0.29) is 0 Å². The molecule has 0 bridgehead atoms. The van der Waals surface area contributed by atoms with E-state index in [1.165, 1.54) is 85.9 Å². The van der Waals surface area contributed by atoms with Crippen molar-refractivity contribution in [2.45, 2.75) is 57.8 Å². The molecule has 0 unspecified atom stereocenters. The van der Waals surface area contributed by atoms with E-state index in [4.69, 9.17) is 0 Å². The molecule has 0 aliphatic carbocycles. The molecule has 1 nitrogen and oxygen atoms in total. The number of nitrogens with zero attached hydrogens (tertiary/aromatic N) is 1. The number of unbranched alkanes of at least 4 members (excludes halogenated alkanes) is 7. The zero-order valence-corrected chi connectivity index (χ0v) is 18.2. The van der Waals surface area contributed by atoms with Crippen LogP contribution >= 0.6 is 0 Å². The number of hydrogen-bond donors (Lipinski definition) is 0. The number of aryl methyl sites for hydroxylation is 1. The third kappa shape index (κ3) is 6.07. The second-order valence-electron chi connectivity index (χ2n) is 9.39. The van der Waals surface area contributed by atoms with E-state index in [1.807, 2.05) is 0 Å². The molecular formula is C27H38N+. The van der Waals surface area contributed by atoms with Crippen molar-refractivity contribution in [1.82, 2.24) is 0 Å². The average Bonchev–Trinajstić information content (AvgIpc) is 2.67. The second-order valence-corrected chi connectivity index (χ2v) is 9.39. The van der Waals surface area contributed by atoms with Gasteiger partial charge in [-0.1, -0.05) is 80.6 Å². The minimum absolute atomic E-state index is 1.10. The minimum atomic E-state index is 1.10. The van der Waals surface area contributed by atoms with Crippen LogP contribution in [0.15, 0.2) is 54.6 Å². The van der Waals surface area contributed by atoms with Gasteiger partial charge in [-0.25, -0.2) is 0 Å². The Morgan fingerprint density at radius 3 is 1.57 bits per heavy atom. The van der Waals surface area contributed by atoms with E-state index in [0.717, 1.165) is 4.48 Å². The Balaban J connectivity index is 1.44. The molecule has 0 saturated heterocycles. The molecule has 3 rings (SSSR count). The molecule has 150 valence electrons. The molecule has 0 atom stereocenters. The summed E-state index contributed by atoms with van der Waals surface area (Å²) in [6.45, 7) is 1.30. The maximum Gasteiger partial charge on any atom is 0.0780 e. The third-order valence-corrected chi connectivity index (χ3v) is 5.89. The van der Waals surface area contributed by atoms with Crippen LogP contribution in [-0.4, -0.2) is 32.2 Å². The molecule has 3 aromatic rings. The Morgan fingerprint density at radius 1 is 0.571 bits per heavy atom. The van der Waals surface area contributed by atoms with E-state index < -0.39 is 0 Å². The molecule has 0 N–H and O–H groups in total. The predicted octanol–water partition coefficient (Wildman–Crippen LogP) is 7.36. The van der Waals surface area contributed by atoms with Crippen LogP contribution in [0.25, 0.3) is 21.5 Å². The van der Waals surface area contributed by atoms with Gasteiger partial charge in [-0.3, -0.25) is 0 Å². The molecule has 0 fully saturated rings. The Morgan fingerprint density at radius 2 is 1.04 bits per heavy atom. The molecule has 0 spiro atoms. The Hall–Kier alpha value is -1.86. The molecule has 0 heterocycles. The van der Waals surface area contributed by atoms with Crippen molar-refractivity contribution >= 4 is 21.5 Å². The smallest absolute Gasteiger partial charge is 0.0780 e. The Bertz CT molecular complexity index is 818. The van der Waals surface area contributed by atoms with Crippen LogP contribution in [0.1, 0.15) is 56.9 Å². The summed E-state index contributed by atoms with van der Waals surface area (Å²) >= 11 is 0. The monoisotopic (exact) mass is 376 g/mol. The van der Waals surface area contributed by atoms with Gasteiger partial charge in [0.1, 0.15) is 0 Å². The van der Waals surface area contributed by atoms with Crippen molar-refractivity contribution < 1.29 is 4.48 Å². The van der Waals surface area contributed by atoms with Gasteiger partial charge < -0.3 is 4.48 Å². The molecule has 3 aromatic carbocycles. The molecular weight excluding hydrogens is 338 g/mol. The summed E-state index contributed by atoms with van der Waals surface area (Å²) in [7, 11) is 6.87. The van der Waals surface area contributed by atoms with Crippen molar-refractivity contribution in [2.24, 2.45) is 0 Å². The van der Waals surface area contributed by atoms with Gasteiger partial charge in [0.2, 0.25) is 0 Å². The Labute approximate surface area is 172 Å². The third-order valence-electron chi connectivity index (χ3n) is 5.89. The molecule has 0 radical (unpaired) electrons. The quantitative estimate of drug-likeness (QED) is 0.186. The molecule has 1 heteroatoms. The number of rotatable bonds is 11. The molecule has 0 aromatic heterocycles. The van der Waals surface area contributed by atoms with E-state index in [0.29, 0.717) is 0 Å². The zero-order chi connectivity index (χ0) is 19.8. The van der Waals surface area contributed by atoms with Gasteiger partial charge in [-0.05, 0) is 58.9 Å². The summed E-state index contributed by atoms with van der Waals surface area (Å²) in [5.41, 5.74) is 1.55. The highest BCUT2D eigenvalue weighted by Crippen LogP contribution is 2.29. The summed E-state index contributed by atoms with van der Waals surface area (Å²) in [6, 6.07) is 20.1. The van der Waals surface area contributed by atoms with Crippen molar-refractivity contribution in [3.05, 3.63) is 60.2 Å². The molecule has 0 aliphatic heterocycles. The van der Waals surface area contributed by atoms with Crippen molar-refractivity contribution in [3.63, 3.8) is 0 Å². The maximum absolute atomic E-state index is 2.34. The van der Waals surface area contributed by atoms with E-state index in [9.17, 15) is 0 Å². The van der Waals surface area contributed by atoms with Gasteiger partial charge in [0, 0.05) is 0 Å². The maximum atomic E-state index is 2.34. The fraction of sp³-hybridized carbons (Fsp3) is 0.481. The van der Waals surface area contributed by atoms with Crippen LogP contribution in [0, 0.1) is 0 Å². The Kier molecular flexibility index (Phi) is 7.50. The van der Waals surface area contributed by atoms with Crippen LogP contribution in [0.3, 0.4) is 0 Å². The standard InChI is InChI=1S/C27H38N/c1-28(2,3)21-15-9-7-5-4-6-8-10-20-27-25-18-13-11-16-23(25)22-24-17-12-14-19-26(24)27/h11-14,16-19,22H,4-10,15,20-21H2,1-3H3/q+1. The summed E-state index contributed by atoms with van der Waals surface area (Å²) < 4.78 is 1.10. The first-order chi connectivity index (χ1) is 13.5. The number of quaternary nitrogens is 1. The van der Waals surface area contributed by atoms with Crippen molar-refractivity contribution in [2.75, 3.05) is 27.7 Å². The number of fused-ring (bicyclic) bond motifs is 2. The van der Waals surface area contributed by atoms with Crippen LogP contribution in [-0.2, 0) is 6.42 Å². The number of benzene rings is 3. The van der Waals surface area contributed by atoms with Gasteiger partial charge in [0.15, 0.2) is 0 Å². The van der Waals surface area contributed by atoms with Crippen molar-refractivity contribution in [1.29, 1.82) is 0 Å². The first-order valence-electron chi connectivity index (χ1n) is 11.2. The van der Waals surface area contributed by atoms with Crippen molar-refractivity contribution in [3.8, 4) is 0 Å². The molecule has 0 amide bonds. The normalized spacial score (nSPS) is 12.1. The van der Waals surface area contributed by atoms with Gasteiger partial charge >= 0.3 is 0 Å². The SMILES string of the molecule is C[N+](C)(C)CCCCCCCCCCc1c2ccccc2cc2ccccc12. The molecule has 28 heavy (non-hydrogen) atoms. The summed E-state index contributed by atoms with van der Waals surface area (Å²) in [6.07, 6.45) is 12.2. The number of hydrogen-bond acceptors (Lipinski definition) is 0. The summed E-state index contributed by atoms with van der Waals surface area (Å²) in [5.74, 6) is 0. The lowest BCUT2D eigenvalue weighted by Gasteiger charge is -2.23. The van der Waals surface area contributed by atoms with E-state index in [1.54, 1.807) is 5.56 Å².